The van der Waals surface area contributed by atoms with Crippen LogP contribution in [-0.4, -0.2) is 23.4 Å². The van der Waals surface area contributed by atoms with E-state index in [1.165, 1.54) is 0 Å². The second-order valence-electron chi connectivity index (χ2n) is 2.09. The largest absolute Gasteiger partial charge is 0.396 e. The first-order valence-corrected chi connectivity index (χ1v) is 3.17. The minimum Gasteiger partial charge on any atom is -0.396 e. The van der Waals surface area contributed by atoms with E-state index in [0.29, 0.717) is 6.42 Å². The summed E-state index contributed by atoms with van der Waals surface area (Å²) in [6.45, 7) is 3.84. The van der Waals surface area contributed by atoms with Crippen molar-refractivity contribution in [1.82, 2.24) is 0 Å². The molecular formula is C7H14O2. The summed E-state index contributed by atoms with van der Waals surface area (Å²) in [5.41, 5.74) is 0. The third-order valence-electron chi connectivity index (χ3n) is 1.30. The summed E-state index contributed by atoms with van der Waals surface area (Å²) in [5.74, 6) is 0.201. The zero-order chi connectivity index (χ0) is 7.11. The van der Waals surface area contributed by atoms with Crippen molar-refractivity contribution in [2.45, 2.75) is 12.8 Å². The highest BCUT2D eigenvalue weighted by Crippen LogP contribution is 2.06. The van der Waals surface area contributed by atoms with Gasteiger partial charge in [0.05, 0.1) is 0 Å². The van der Waals surface area contributed by atoms with Crippen LogP contribution in [0.3, 0.4) is 0 Å². The molecule has 0 radical (unpaired) electrons. The molecule has 0 aromatic carbocycles. The number of aliphatic hydroxyl groups excluding tert-OH is 2. The number of allylic oxidation sites excluding steroid dienone is 1. The molecule has 0 saturated carbocycles. The molecule has 0 bridgehead atoms. The van der Waals surface area contributed by atoms with Crippen LogP contribution in [0.15, 0.2) is 12.7 Å². The van der Waals surface area contributed by atoms with E-state index in [0.717, 1.165) is 6.42 Å². The average Bonchev–Trinajstić information content (AvgIpc) is 1.88. The highest BCUT2D eigenvalue weighted by Gasteiger charge is 2.02. The molecule has 0 fully saturated rings. The summed E-state index contributed by atoms with van der Waals surface area (Å²) in [6.07, 6.45) is 3.22. The number of hydrogen-bond acceptors (Lipinski definition) is 2. The van der Waals surface area contributed by atoms with Gasteiger partial charge in [0.15, 0.2) is 0 Å². The van der Waals surface area contributed by atoms with E-state index in [1.54, 1.807) is 6.08 Å². The topological polar surface area (TPSA) is 40.5 Å². The molecule has 0 aliphatic heterocycles. The Kier molecular flexibility index (Phi) is 5.57. The maximum atomic E-state index is 8.63. The lowest BCUT2D eigenvalue weighted by atomic mass is 10.0. The SMILES string of the molecule is C=CC[C@@H](CO)CCO. The molecule has 0 saturated heterocycles. The zero-order valence-corrected chi connectivity index (χ0v) is 5.58. The van der Waals surface area contributed by atoms with Crippen molar-refractivity contribution in [3.05, 3.63) is 12.7 Å². The fraction of sp³-hybridized carbons (Fsp3) is 0.714. The normalized spacial score (nSPS) is 13.1. The van der Waals surface area contributed by atoms with Crippen LogP contribution in [0.2, 0.25) is 0 Å². The molecule has 0 spiro atoms. The highest BCUT2D eigenvalue weighted by atomic mass is 16.3. The Balaban J connectivity index is 3.28. The molecule has 0 amide bonds. The van der Waals surface area contributed by atoms with Gasteiger partial charge in [0.1, 0.15) is 0 Å². The molecule has 54 valence electrons. The van der Waals surface area contributed by atoms with Crippen LogP contribution in [0, 0.1) is 5.92 Å². The summed E-state index contributed by atoms with van der Waals surface area (Å²) >= 11 is 0. The third kappa shape index (κ3) is 4.18. The fourth-order valence-electron chi connectivity index (χ4n) is 0.702. The van der Waals surface area contributed by atoms with Crippen LogP contribution in [0.5, 0.6) is 0 Å². The molecule has 0 aromatic heterocycles. The van der Waals surface area contributed by atoms with Crippen LogP contribution >= 0.6 is 0 Å². The molecule has 2 nitrogen and oxygen atoms in total. The van der Waals surface area contributed by atoms with Crippen molar-refractivity contribution >= 4 is 0 Å². The molecule has 1 atom stereocenters. The van der Waals surface area contributed by atoms with Gasteiger partial charge >= 0.3 is 0 Å². The van der Waals surface area contributed by atoms with Gasteiger partial charge in [0.25, 0.3) is 0 Å². The number of hydrogen-bond donors (Lipinski definition) is 2. The van der Waals surface area contributed by atoms with Crippen LogP contribution in [0.4, 0.5) is 0 Å². The molecule has 0 heterocycles. The van der Waals surface area contributed by atoms with Gasteiger partial charge in [-0.15, -0.1) is 6.58 Å². The van der Waals surface area contributed by atoms with Crippen LogP contribution < -0.4 is 0 Å². The first kappa shape index (κ1) is 8.66. The van der Waals surface area contributed by atoms with Crippen LogP contribution in [0.25, 0.3) is 0 Å². The first-order chi connectivity index (χ1) is 4.35. The zero-order valence-electron chi connectivity index (χ0n) is 5.58. The summed E-state index contributed by atoms with van der Waals surface area (Å²) in [5, 5.41) is 17.1. The first-order valence-electron chi connectivity index (χ1n) is 3.17. The average molecular weight is 130 g/mol. The van der Waals surface area contributed by atoms with Crippen LogP contribution in [-0.2, 0) is 0 Å². The van der Waals surface area contributed by atoms with Gasteiger partial charge in [-0.1, -0.05) is 6.08 Å². The lowest BCUT2D eigenvalue weighted by Crippen LogP contribution is -2.06. The van der Waals surface area contributed by atoms with Gasteiger partial charge in [-0.25, -0.2) is 0 Å². The summed E-state index contributed by atoms with van der Waals surface area (Å²) in [6, 6.07) is 0. The Morgan fingerprint density at radius 3 is 2.44 bits per heavy atom. The molecule has 0 aliphatic carbocycles. The standard InChI is InChI=1S/C7H14O2/c1-2-3-7(6-9)4-5-8/h2,7-9H,1,3-6H2/t7-/m1/s1. The van der Waals surface area contributed by atoms with Gasteiger partial charge in [-0.05, 0) is 18.8 Å². The van der Waals surface area contributed by atoms with E-state index in [4.69, 9.17) is 10.2 Å². The van der Waals surface area contributed by atoms with Gasteiger partial charge in [0.2, 0.25) is 0 Å². The smallest absolute Gasteiger partial charge is 0.0463 e. The Hall–Kier alpha value is -0.340. The van der Waals surface area contributed by atoms with E-state index >= 15 is 0 Å². The third-order valence-corrected chi connectivity index (χ3v) is 1.30. The predicted molar refractivity (Wildman–Crippen MR) is 37.1 cm³/mol. The van der Waals surface area contributed by atoms with Crippen molar-refractivity contribution < 1.29 is 10.2 Å². The van der Waals surface area contributed by atoms with Crippen LogP contribution in [0.1, 0.15) is 12.8 Å². The molecule has 2 heteroatoms. The van der Waals surface area contributed by atoms with Gasteiger partial charge < -0.3 is 10.2 Å². The van der Waals surface area contributed by atoms with Crippen molar-refractivity contribution in [3.63, 3.8) is 0 Å². The Labute approximate surface area is 55.8 Å². The molecule has 0 unspecified atom stereocenters. The van der Waals surface area contributed by atoms with E-state index < -0.39 is 0 Å². The van der Waals surface area contributed by atoms with Crippen molar-refractivity contribution in [3.8, 4) is 0 Å². The maximum absolute atomic E-state index is 8.63. The monoisotopic (exact) mass is 130 g/mol. The molecule has 0 aromatic rings. The molecule has 0 rings (SSSR count). The van der Waals surface area contributed by atoms with Gasteiger partial charge in [0, 0.05) is 13.2 Å². The maximum Gasteiger partial charge on any atom is 0.0463 e. The number of aliphatic hydroxyl groups is 2. The summed E-state index contributed by atoms with van der Waals surface area (Å²) < 4.78 is 0. The van der Waals surface area contributed by atoms with Gasteiger partial charge in [-0.2, -0.15) is 0 Å². The van der Waals surface area contributed by atoms with E-state index in [-0.39, 0.29) is 19.1 Å². The Bertz CT molecular complexity index is 71.3. The molecular weight excluding hydrogens is 116 g/mol. The Morgan fingerprint density at radius 1 is 1.44 bits per heavy atom. The minimum atomic E-state index is 0.145. The van der Waals surface area contributed by atoms with Gasteiger partial charge in [-0.3, -0.25) is 0 Å². The van der Waals surface area contributed by atoms with Crippen molar-refractivity contribution in [2.75, 3.05) is 13.2 Å². The lowest BCUT2D eigenvalue weighted by Gasteiger charge is -2.07. The molecule has 9 heavy (non-hydrogen) atoms. The summed E-state index contributed by atoms with van der Waals surface area (Å²) in [4.78, 5) is 0. The lowest BCUT2D eigenvalue weighted by molar-refractivity contribution is 0.185. The predicted octanol–water partition coefficient (Wildman–Crippen LogP) is 0.553. The van der Waals surface area contributed by atoms with Crippen molar-refractivity contribution in [1.29, 1.82) is 0 Å². The second kappa shape index (κ2) is 5.79. The highest BCUT2D eigenvalue weighted by molar-refractivity contribution is 4.72. The van der Waals surface area contributed by atoms with E-state index in [2.05, 4.69) is 6.58 Å². The fourth-order valence-corrected chi connectivity index (χ4v) is 0.702. The quantitative estimate of drug-likeness (QED) is 0.534. The second-order valence-corrected chi connectivity index (χ2v) is 2.09. The molecule has 2 N–H and O–H groups in total. The summed E-state index contributed by atoms with van der Waals surface area (Å²) in [7, 11) is 0. The van der Waals surface area contributed by atoms with E-state index in [9.17, 15) is 0 Å². The minimum absolute atomic E-state index is 0.145. The number of rotatable bonds is 5. The van der Waals surface area contributed by atoms with E-state index in [1.807, 2.05) is 0 Å². The van der Waals surface area contributed by atoms with Crippen molar-refractivity contribution in [2.24, 2.45) is 5.92 Å². The Morgan fingerprint density at radius 2 is 2.11 bits per heavy atom. The molecule has 0 aliphatic rings.